The predicted molar refractivity (Wildman–Crippen MR) is 250 cm³/mol. The number of unbranched alkanes of at least 4 members (excludes halogenated alkanes) is 1. The van der Waals surface area contributed by atoms with Gasteiger partial charge in [-0.1, -0.05) is 13.3 Å². The zero-order valence-corrected chi connectivity index (χ0v) is 39.7. The molecule has 1 rings (SSSR count). The van der Waals surface area contributed by atoms with E-state index in [2.05, 4.69) is 17.6 Å². The van der Waals surface area contributed by atoms with Gasteiger partial charge in [0.15, 0.2) is 5.78 Å². The SMILES string of the molecule is CCCOCCCSCCNC(=O)C(CCCCNC(=O)OC(C)(C)C)CC(=O)c1cc(OCC(CSCCO)SCCO)cc(OCC(CSCCO)SCCO)c1. The third-order valence-corrected chi connectivity index (χ3v) is 14.1. The molecule has 0 spiro atoms. The van der Waals surface area contributed by atoms with Crippen LogP contribution >= 0.6 is 58.8 Å². The highest BCUT2D eigenvalue weighted by atomic mass is 32.2. The lowest BCUT2D eigenvalue weighted by Gasteiger charge is -2.20. The molecule has 18 heteroatoms. The molecule has 0 bridgehead atoms. The number of Topliss-reactive ketones (excluding diaryl/α,β-unsaturated/α-hetero) is 1. The largest absolute Gasteiger partial charge is 0.492 e. The van der Waals surface area contributed by atoms with Crippen LogP contribution in [0.1, 0.15) is 76.6 Å². The Balaban J connectivity index is 3.21. The monoisotopic (exact) mass is 928 g/mol. The lowest BCUT2D eigenvalue weighted by molar-refractivity contribution is -0.125. The molecule has 0 aliphatic rings. The number of rotatable bonds is 38. The average Bonchev–Trinajstić information content (AvgIpc) is 3.20. The van der Waals surface area contributed by atoms with E-state index in [-0.39, 0.29) is 55.0 Å². The first kappa shape index (κ1) is 55.8. The fraction of sp³-hybridized carbons (Fsp3) is 0.780. The quantitative estimate of drug-likeness (QED) is 0.0353. The van der Waals surface area contributed by atoms with Crippen LogP contribution in [0, 0.1) is 5.92 Å². The van der Waals surface area contributed by atoms with Crippen molar-refractivity contribution in [3.05, 3.63) is 23.8 Å². The van der Waals surface area contributed by atoms with Crippen molar-refractivity contribution < 1.29 is 53.8 Å². The standard InChI is InChI=1S/C41H72N2O11S5/c1-5-16-51-17-8-18-55-19-11-42-39(49)32(9-6-7-10-43-40(50)54-41(2,3)4)26-38(48)33-24-34(52-28-36(58-22-14-46)30-56-20-12-44)27-35(25-33)53-29-37(59-23-15-47)31-57-21-13-45/h24-25,27,32,36-37,44-47H,5-23,26,28-31H2,1-4H3,(H,42,49)(H,43,50). The Labute approximate surface area is 374 Å². The Morgan fingerprint density at radius 3 is 1.83 bits per heavy atom. The van der Waals surface area contributed by atoms with Crippen LogP contribution in [0.4, 0.5) is 4.79 Å². The highest BCUT2D eigenvalue weighted by Crippen LogP contribution is 2.28. The summed E-state index contributed by atoms with van der Waals surface area (Å²) >= 11 is 8.10. The van der Waals surface area contributed by atoms with Gasteiger partial charge in [0.1, 0.15) is 30.3 Å². The minimum absolute atomic E-state index is 0.0238. The van der Waals surface area contributed by atoms with E-state index in [1.165, 1.54) is 0 Å². The summed E-state index contributed by atoms with van der Waals surface area (Å²) in [6.45, 7) is 10.6. The van der Waals surface area contributed by atoms with Gasteiger partial charge in [0, 0.05) is 101 Å². The van der Waals surface area contributed by atoms with Crippen LogP contribution in [0.25, 0.3) is 0 Å². The molecular formula is C41H72N2O11S5. The number of carbonyl (C=O) groups excluding carboxylic acids is 3. The van der Waals surface area contributed by atoms with Crippen LogP contribution in [0.15, 0.2) is 18.2 Å². The number of hydrogen-bond donors (Lipinski definition) is 6. The maximum Gasteiger partial charge on any atom is 0.407 e. The first-order valence-corrected chi connectivity index (χ1v) is 26.2. The summed E-state index contributed by atoms with van der Waals surface area (Å²) in [5, 5.41) is 43.3. The van der Waals surface area contributed by atoms with E-state index in [1.54, 1.807) is 97.8 Å². The maximum atomic E-state index is 14.1. The first-order valence-electron chi connectivity index (χ1n) is 20.6. The van der Waals surface area contributed by atoms with Gasteiger partial charge in [-0.3, -0.25) is 9.59 Å². The summed E-state index contributed by atoms with van der Waals surface area (Å²) in [6.07, 6.45) is 3.06. The van der Waals surface area contributed by atoms with Crippen molar-refractivity contribution in [1.29, 1.82) is 0 Å². The van der Waals surface area contributed by atoms with Gasteiger partial charge in [-0.05, 0) is 64.3 Å². The molecule has 0 radical (unpaired) electrons. The number of nitrogens with one attached hydrogen (secondary N) is 2. The molecule has 3 unspecified atom stereocenters. The Morgan fingerprint density at radius 2 is 1.29 bits per heavy atom. The molecule has 0 aliphatic carbocycles. The molecule has 59 heavy (non-hydrogen) atoms. The van der Waals surface area contributed by atoms with Crippen molar-refractivity contribution in [2.24, 2.45) is 5.92 Å². The van der Waals surface area contributed by atoms with Gasteiger partial charge >= 0.3 is 6.09 Å². The third-order valence-electron chi connectivity index (χ3n) is 7.96. The molecule has 13 nitrogen and oxygen atoms in total. The van der Waals surface area contributed by atoms with E-state index < -0.39 is 17.6 Å². The number of benzene rings is 1. The number of ether oxygens (including phenoxy) is 4. The smallest absolute Gasteiger partial charge is 0.407 e. The molecule has 0 fully saturated rings. The fourth-order valence-corrected chi connectivity index (χ4v) is 9.89. The number of aliphatic hydroxyl groups excluding tert-OH is 4. The molecule has 0 aromatic heterocycles. The van der Waals surface area contributed by atoms with Crippen molar-refractivity contribution in [1.82, 2.24) is 10.6 Å². The van der Waals surface area contributed by atoms with E-state index in [1.807, 2.05) is 0 Å². The molecule has 0 aliphatic heterocycles. The summed E-state index contributed by atoms with van der Waals surface area (Å²) in [4.78, 5) is 39.9. The summed E-state index contributed by atoms with van der Waals surface area (Å²) in [6, 6.07) is 5.11. The fourth-order valence-electron chi connectivity index (χ4n) is 5.25. The van der Waals surface area contributed by atoms with Crippen LogP contribution in [0.5, 0.6) is 11.5 Å². The molecule has 3 atom stereocenters. The molecule has 342 valence electrons. The predicted octanol–water partition coefficient (Wildman–Crippen LogP) is 5.63. The topological polar surface area (TPSA) is 193 Å². The number of alkyl carbamates (subject to hydrolysis) is 1. The zero-order valence-electron chi connectivity index (χ0n) is 35.6. The van der Waals surface area contributed by atoms with E-state index in [4.69, 9.17) is 18.9 Å². The first-order chi connectivity index (χ1) is 28.5. The number of ketones is 1. The summed E-state index contributed by atoms with van der Waals surface area (Å²) < 4.78 is 23.4. The van der Waals surface area contributed by atoms with Gasteiger partial charge in [-0.25, -0.2) is 4.79 Å². The van der Waals surface area contributed by atoms with E-state index in [0.29, 0.717) is 97.1 Å². The zero-order chi connectivity index (χ0) is 43.6. The van der Waals surface area contributed by atoms with Crippen LogP contribution < -0.4 is 20.1 Å². The summed E-state index contributed by atoms with van der Waals surface area (Å²) in [5.41, 5.74) is -0.256. The van der Waals surface area contributed by atoms with Crippen molar-refractivity contribution >= 4 is 76.6 Å². The van der Waals surface area contributed by atoms with Crippen LogP contribution in [-0.2, 0) is 14.3 Å². The van der Waals surface area contributed by atoms with Gasteiger partial charge in [-0.15, -0.1) is 0 Å². The molecule has 1 aromatic rings. The highest BCUT2D eigenvalue weighted by Gasteiger charge is 2.24. The minimum atomic E-state index is -0.609. The molecule has 1 aromatic carbocycles. The minimum Gasteiger partial charge on any atom is -0.492 e. The second-order valence-corrected chi connectivity index (χ2v) is 20.8. The van der Waals surface area contributed by atoms with Gasteiger partial charge in [0.25, 0.3) is 0 Å². The van der Waals surface area contributed by atoms with Crippen molar-refractivity contribution in [3.8, 4) is 11.5 Å². The lowest BCUT2D eigenvalue weighted by Crippen LogP contribution is -2.34. The molecule has 6 N–H and O–H groups in total. The van der Waals surface area contributed by atoms with Gasteiger partial charge in [0.05, 0.1) is 26.4 Å². The second kappa shape index (κ2) is 36.3. The Hall–Kier alpha value is -1.22. The molecule has 0 saturated heterocycles. The normalized spacial score (nSPS) is 13.1. The second-order valence-electron chi connectivity index (χ2n) is 14.5. The Kier molecular flexibility index (Phi) is 34.3. The molecule has 0 heterocycles. The van der Waals surface area contributed by atoms with Crippen LogP contribution in [0.2, 0.25) is 0 Å². The number of hydrogen-bond acceptors (Lipinski definition) is 16. The van der Waals surface area contributed by atoms with Crippen molar-refractivity contribution in [2.75, 3.05) is 112 Å². The van der Waals surface area contributed by atoms with E-state index in [0.717, 1.165) is 37.6 Å². The van der Waals surface area contributed by atoms with Crippen LogP contribution in [-0.4, -0.2) is 166 Å². The number of aliphatic hydroxyl groups is 4. The maximum absolute atomic E-state index is 14.1. The highest BCUT2D eigenvalue weighted by molar-refractivity contribution is 8.03. The van der Waals surface area contributed by atoms with Crippen molar-refractivity contribution in [2.45, 2.75) is 82.3 Å². The van der Waals surface area contributed by atoms with Crippen LogP contribution in [0.3, 0.4) is 0 Å². The van der Waals surface area contributed by atoms with Gasteiger partial charge in [0.2, 0.25) is 5.91 Å². The summed E-state index contributed by atoms with van der Waals surface area (Å²) in [5.74, 6) is 5.19. The van der Waals surface area contributed by atoms with Gasteiger partial charge < -0.3 is 50.0 Å². The van der Waals surface area contributed by atoms with E-state index in [9.17, 15) is 34.8 Å². The number of amides is 2. The Bertz CT molecular complexity index is 1200. The molecule has 0 saturated carbocycles. The molecule has 2 amide bonds. The number of carbonyl (C=O) groups is 3. The van der Waals surface area contributed by atoms with Crippen molar-refractivity contribution in [3.63, 3.8) is 0 Å². The summed E-state index contributed by atoms with van der Waals surface area (Å²) in [7, 11) is 0. The Morgan fingerprint density at radius 1 is 0.695 bits per heavy atom. The average molecular weight is 929 g/mol. The lowest BCUT2D eigenvalue weighted by atomic mass is 9.92. The number of thioether (sulfide) groups is 5. The van der Waals surface area contributed by atoms with E-state index >= 15 is 0 Å². The third kappa shape index (κ3) is 30.5. The van der Waals surface area contributed by atoms with Gasteiger partial charge in [-0.2, -0.15) is 58.8 Å². The molecular weight excluding hydrogens is 857 g/mol.